The van der Waals surface area contributed by atoms with Crippen LogP contribution in [-0.2, 0) is 6.54 Å². The van der Waals surface area contributed by atoms with Crippen molar-refractivity contribution < 1.29 is 4.74 Å². The van der Waals surface area contributed by atoms with Gasteiger partial charge in [-0.2, -0.15) is 5.10 Å². The van der Waals surface area contributed by atoms with Gasteiger partial charge in [-0.25, -0.2) is 9.97 Å². The maximum Gasteiger partial charge on any atom is 0.218 e. The minimum absolute atomic E-state index is 0.535. The van der Waals surface area contributed by atoms with E-state index < -0.39 is 0 Å². The maximum absolute atomic E-state index is 5.07. The van der Waals surface area contributed by atoms with Crippen LogP contribution in [0.25, 0.3) is 10.6 Å². The topological polar surface area (TPSA) is 75.7 Å². The lowest BCUT2D eigenvalue weighted by Crippen LogP contribution is -2.02. The van der Waals surface area contributed by atoms with Crippen LogP contribution < -0.4 is 10.1 Å². The summed E-state index contributed by atoms with van der Waals surface area (Å²) < 4.78 is 5.07. The van der Waals surface area contributed by atoms with Gasteiger partial charge < -0.3 is 10.1 Å². The Kier molecular flexibility index (Phi) is 3.60. The summed E-state index contributed by atoms with van der Waals surface area (Å²) >= 11 is 1.68. The van der Waals surface area contributed by atoms with Gasteiger partial charge in [-0.05, 0) is 11.4 Å². The summed E-state index contributed by atoms with van der Waals surface area (Å²) in [6.45, 7) is 0.629. The van der Waals surface area contributed by atoms with Gasteiger partial charge in [0.15, 0.2) is 0 Å². The summed E-state index contributed by atoms with van der Waals surface area (Å²) in [5.74, 6) is 1.25. The van der Waals surface area contributed by atoms with Crippen LogP contribution in [0.5, 0.6) is 5.88 Å². The molecule has 0 aliphatic heterocycles. The molecule has 0 saturated heterocycles. The van der Waals surface area contributed by atoms with Crippen molar-refractivity contribution in [1.29, 1.82) is 0 Å². The molecule has 6 nitrogen and oxygen atoms in total. The fourth-order valence-electron chi connectivity index (χ4n) is 1.81. The highest BCUT2D eigenvalue weighted by Crippen LogP contribution is 2.26. The predicted molar refractivity (Wildman–Crippen MR) is 77.8 cm³/mol. The average molecular weight is 287 g/mol. The van der Waals surface area contributed by atoms with E-state index in [1.807, 2.05) is 17.6 Å². The molecule has 0 spiro atoms. The van der Waals surface area contributed by atoms with Crippen LogP contribution in [0.2, 0.25) is 0 Å². The summed E-state index contributed by atoms with van der Waals surface area (Å²) in [7, 11) is 1.58. The second-order valence-electron chi connectivity index (χ2n) is 4.05. The van der Waals surface area contributed by atoms with Crippen LogP contribution >= 0.6 is 11.3 Å². The van der Waals surface area contributed by atoms with E-state index >= 15 is 0 Å². The number of nitrogens with one attached hydrogen (secondary N) is 2. The molecule has 0 saturated carbocycles. The zero-order valence-electron chi connectivity index (χ0n) is 10.8. The molecule has 2 N–H and O–H groups in total. The number of rotatable bonds is 5. The highest BCUT2D eigenvalue weighted by Gasteiger charge is 2.08. The van der Waals surface area contributed by atoms with Crippen molar-refractivity contribution in [3.8, 4) is 16.5 Å². The van der Waals surface area contributed by atoms with Crippen LogP contribution in [0, 0.1) is 0 Å². The molecule has 0 fully saturated rings. The molecule has 20 heavy (non-hydrogen) atoms. The molecule has 102 valence electrons. The van der Waals surface area contributed by atoms with E-state index in [1.54, 1.807) is 24.5 Å². The largest absolute Gasteiger partial charge is 0.481 e. The summed E-state index contributed by atoms with van der Waals surface area (Å²) in [6.07, 6.45) is 3.29. The lowest BCUT2D eigenvalue weighted by atomic mass is 10.2. The van der Waals surface area contributed by atoms with Crippen molar-refractivity contribution in [2.45, 2.75) is 6.54 Å². The zero-order valence-corrected chi connectivity index (χ0v) is 11.6. The van der Waals surface area contributed by atoms with Crippen LogP contribution in [0.15, 0.2) is 36.1 Å². The number of hydrogen-bond acceptors (Lipinski definition) is 6. The number of H-pyrrole nitrogens is 1. The number of aromatic amines is 1. The highest BCUT2D eigenvalue weighted by molar-refractivity contribution is 7.13. The number of methoxy groups -OCH3 is 1. The molecule has 3 heterocycles. The fourth-order valence-corrected chi connectivity index (χ4v) is 2.57. The normalized spacial score (nSPS) is 10.4. The first kappa shape index (κ1) is 12.6. The Hall–Kier alpha value is -2.41. The third-order valence-corrected chi connectivity index (χ3v) is 3.68. The molecular formula is C13H13N5OS. The van der Waals surface area contributed by atoms with Crippen LogP contribution in [-0.4, -0.2) is 27.3 Å². The van der Waals surface area contributed by atoms with E-state index in [9.17, 15) is 0 Å². The Morgan fingerprint density at radius 1 is 1.40 bits per heavy atom. The Morgan fingerprint density at radius 2 is 2.35 bits per heavy atom. The van der Waals surface area contributed by atoms with E-state index in [2.05, 4.69) is 31.5 Å². The number of ether oxygens (including phenoxy) is 1. The fraction of sp³-hybridized carbons (Fsp3) is 0.154. The standard InChI is InChI=1S/C13H13N5OS/c1-19-12-5-11(15-8-16-12)14-6-9-7-17-18-13(9)10-3-2-4-20-10/h2-5,7-8H,6H2,1H3,(H,17,18)(H,14,15,16). The highest BCUT2D eigenvalue weighted by atomic mass is 32.1. The summed E-state index contributed by atoms with van der Waals surface area (Å²) in [5, 5.41) is 12.4. The Labute approximate surface area is 119 Å². The number of thiophene rings is 1. The molecule has 0 aromatic carbocycles. The van der Waals surface area contributed by atoms with Crippen molar-refractivity contribution in [1.82, 2.24) is 20.2 Å². The second kappa shape index (κ2) is 5.70. The van der Waals surface area contributed by atoms with Gasteiger partial charge in [-0.1, -0.05) is 6.07 Å². The monoisotopic (exact) mass is 287 g/mol. The Morgan fingerprint density at radius 3 is 3.15 bits per heavy atom. The number of nitrogens with zero attached hydrogens (tertiary/aromatic N) is 3. The molecule has 3 aromatic rings. The van der Waals surface area contributed by atoms with Gasteiger partial charge >= 0.3 is 0 Å². The second-order valence-corrected chi connectivity index (χ2v) is 4.99. The minimum atomic E-state index is 0.535. The van der Waals surface area contributed by atoms with Gasteiger partial charge in [-0.15, -0.1) is 11.3 Å². The average Bonchev–Trinajstić information content (AvgIpc) is 3.16. The van der Waals surface area contributed by atoms with Gasteiger partial charge in [0.1, 0.15) is 12.1 Å². The molecule has 0 aliphatic rings. The van der Waals surface area contributed by atoms with Crippen molar-refractivity contribution in [3.63, 3.8) is 0 Å². The Balaban J connectivity index is 1.74. The number of anilines is 1. The van der Waals surface area contributed by atoms with Crippen LogP contribution in [0.1, 0.15) is 5.56 Å². The van der Waals surface area contributed by atoms with Gasteiger partial charge in [0.25, 0.3) is 0 Å². The van der Waals surface area contributed by atoms with Crippen LogP contribution in [0.4, 0.5) is 5.82 Å². The van der Waals surface area contributed by atoms with Crippen LogP contribution in [0.3, 0.4) is 0 Å². The maximum atomic E-state index is 5.07. The van der Waals surface area contributed by atoms with Crippen molar-refractivity contribution in [2.24, 2.45) is 0 Å². The Bertz CT molecular complexity index is 680. The molecule has 0 unspecified atom stereocenters. The van der Waals surface area contributed by atoms with E-state index in [0.717, 1.165) is 17.1 Å². The van der Waals surface area contributed by atoms with Gasteiger partial charge in [0.05, 0.1) is 23.9 Å². The number of aromatic nitrogens is 4. The summed E-state index contributed by atoms with van der Waals surface area (Å²) in [6, 6.07) is 5.84. The van der Waals surface area contributed by atoms with Crippen molar-refractivity contribution >= 4 is 17.2 Å². The van der Waals surface area contributed by atoms with Crippen molar-refractivity contribution in [2.75, 3.05) is 12.4 Å². The number of hydrogen-bond donors (Lipinski definition) is 2. The molecule has 0 atom stereocenters. The first-order valence-corrected chi connectivity index (χ1v) is 6.91. The third-order valence-electron chi connectivity index (χ3n) is 2.80. The zero-order chi connectivity index (χ0) is 13.8. The minimum Gasteiger partial charge on any atom is -0.481 e. The van der Waals surface area contributed by atoms with Crippen molar-refractivity contribution in [3.05, 3.63) is 41.7 Å². The first-order valence-electron chi connectivity index (χ1n) is 6.03. The summed E-state index contributed by atoms with van der Waals surface area (Å²) in [4.78, 5) is 9.29. The van der Waals surface area contributed by atoms with Gasteiger partial charge in [0, 0.05) is 18.2 Å². The van der Waals surface area contributed by atoms with E-state index in [-0.39, 0.29) is 0 Å². The van der Waals surface area contributed by atoms with Gasteiger partial charge in [0.2, 0.25) is 5.88 Å². The quantitative estimate of drug-likeness (QED) is 0.754. The predicted octanol–water partition coefficient (Wildman–Crippen LogP) is 2.55. The van der Waals surface area contributed by atoms with E-state index in [0.29, 0.717) is 12.4 Å². The van der Waals surface area contributed by atoms with E-state index in [1.165, 1.54) is 11.2 Å². The molecule has 0 amide bonds. The molecule has 3 rings (SSSR count). The molecular weight excluding hydrogens is 274 g/mol. The molecule has 3 aromatic heterocycles. The third kappa shape index (κ3) is 2.62. The molecule has 0 bridgehead atoms. The lowest BCUT2D eigenvalue weighted by molar-refractivity contribution is 0.397. The lowest BCUT2D eigenvalue weighted by Gasteiger charge is -2.06. The summed E-state index contributed by atoms with van der Waals surface area (Å²) in [5.41, 5.74) is 2.12. The van der Waals surface area contributed by atoms with Gasteiger partial charge in [-0.3, -0.25) is 5.10 Å². The molecule has 0 aliphatic carbocycles. The smallest absolute Gasteiger partial charge is 0.218 e. The van der Waals surface area contributed by atoms with E-state index in [4.69, 9.17) is 4.74 Å². The molecule has 7 heteroatoms. The SMILES string of the molecule is COc1cc(NCc2cn[nH]c2-c2cccs2)ncn1. The molecule has 0 radical (unpaired) electrons. The first-order chi connectivity index (χ1) is 9.86.